The highest BCUT2D eigenvalue weighted by Crippen LogP contribution is 2.18. The van der Waals surface area contributed by atoms with E-state index in [9.17, 15) is 9.59 Å². The Morgan fingerprint density at radius 1 is 1.25 bits per heavy atom. The average Bonchev–Trinajstić information content (AvgIpc) is 2.26. The molecule has 0 unspecified atom stereocenters. The van der Waals surface area contributed by atoms with Crippen molar-refractivity contribution in [3.63, 3.8) is 0 Å². The first-order valence-electron chi connectivity index (χ1n) is 4.85. The summed E-state index contributed by atoms with van der Waals surface area (Å²) in [6.07, 6.45) is 0.230. The quantitative estimate of drug-likeness (QED) is 0.804. The number of hydrogen-bond donors (Lipinski definition) is 2. The number of nitrogens with zero attached hydrogens (tertiary/aromatic N) is 1. The van der Waals surface area contributed by atoms with Gasteiger partial charge in [-0.2, -0.15) is 0 Å². The van der Waals surface area contributed by atoms with Gasteiger partial charge < -0.3 is 15.1 Å². The van der Waals surface area contributed by atoms with Crippen molar-refractivity contribution in [1.29, 1.82) is 0 Å². The van der Waals surface area contributed by atoms with E-state index in [0.717, 1.165) is 0 Å². The molecule has 0 heterocycles. The minimum atomic E-state index is -1.07. The van der Waals surface area contributed by atoms with Crippen molar-refractivity contribution in [3.05, 3.63) is 24.3 Å². The number of carbonyl (C=O) groups is 2. The number of aliphatic carboxylic acids is 1. The van der Waals surface area contributed by atoms with E-state index in [0.29, 0.717) is 5.69 Å². The summed E-state index contributed by atoms with van der Waals surface area (Å²) < 4.78 is 0. The fourth-order valence-corrected chi connectivity index (χ4v) is 1.28. The van der Waals surface area contributed by atoms with Crippen LogP contribution >= 0.6 is 0 Å². The van der Waals surface area contributed by atoms with Gasteiger partial charge in [-0.25, -0.2) is 0 Å². The van der Waals surface area contributed by atoms with Crippen LogP contribution in [0.25, 0.3) is 0 Å². The number of amides is 1. The van der Waals surface area contributed by atoms with Crippen LogP contribution in [0.2, 0.25) is 0 Å². The number of rotatable bonds is 4. The molecule has 0 radical (unpaired) electrons. The molecule has 0 aliphatic carbocycles. The van der Waals surface area contributed by atoms with Crippen LogP contribution in [0.3, 0.4) is 0 Å². The van der Waals surface area contributed by atoms with E-state index < -0.39 is 5.97 Å². The molecular formula is C11H13NO4. The highest BCUT2D eigenvalue weighted by molar-refractivity contribution is 5.97. The molecule has 0 fully saturated rings. The smallest absolute Gasteiger partial charge is 0.323 e. The molecule has 5 heteroatoms. The Balaban J connectivity index is 2.96. The number of carboxylic acids is 1. The number of phenolic OH excluding ortho intramolecular Hbond substituents is 1. The first-order valence-corrected chi connectivity index (χ1v) is 4.85. The summed E-state index contributed by atoms with van der Waals surface area (Å²) >= 11 is 0. The molecule has 86 valence electrons. The number of benzene rings is 1. The van der Waals surface area contributed by atoms with Gasteiger partial charge in [0.05, 0.1) is 0 Å². The van der Waals surface area contributed by atoms with Crippen molar-refractivity contribution in [2.24, 2.45) is 0 Å². The molecule has 1 rings (SSSR count). The Kier molecular flexibility index (Phi) is 3.88. The third kappa shape index (κ3) is 2.98. The van der Waals surface area contributed by atoms with Crippen LogP contribution in [0.4, 0.5) is 5.69 Å². The lowest BCUT2D eigenvalue weighted by Crippen LogP contribution is -2.35. The molecule has 0 saturated heterocycles. The Morgan fingerprint density at radius 2 is 1.81 bits per heavy atom. The van der Waals surface area contributed by atoms with Crippen LogP contribution in [0.1, 0.15) is 13.3 Å². The maximum Gasteiger partial charge on any atom is 0.323 e. The normalized spacial score (nSPS) is 9.81. The first kappa shape index (κ1) is 12.0. The first-order chi connectivity index (χ1) is 7.54. The second-order valence-electron chi connectivity index (χ2n) is 3.24. The van der Waals surface area contributed by atoms with Gasteiger partial charge in [0.1, 0.15) is 12.3 Å². The molecule has 0 aliphatic heterocycles. The lowest BCUT2D eigenvalue weighted by Gasteiger charge is -2.20. The average molecular weight is 223 g/mol. The zero-order chi connectivity index (χ0) is 12.1. The SMILES string of the molecule is CCC(=O)N(CC(=O)O)c1ccc(O)cc1. The van der Waals surface area contributed by atoms with E-state index in [1.54, 1.807) is 6.92 Å². The molecule has 16 heavy (non-hydrogen) atoms. The highest BCUT2D eigenvalue weighted by Gasteiger charge is 2.16. The van der Waals surface area contributed by atoms with Crippen LogP contribution in [-0.4, -0.2) is 28.6 Å². The van der Waals surface area contributed by atoms with Crippen LogP contribution in [0.5, 0.6) is 5.75 Å². The van der Waals surface area contributed by atoms with E-state index in [4.69, 9.17) is 10.2 Å². The lowest BCUT2D eigenvalue weighted by molar-refractivity contribution is -0.136. The largest absolute Gasteiger partial charge is 0.508 e. The second kappa shape index (κ2) is 5.16. The van der Waals surface area contributed by atoms with E-state index in [1.165, 1.54) is 29.2 Å². The fourth-order valence-electron chi connectivity index (χ4n) is 1.28. The number of carbonyl (C=O) groups excluding carboxylic acids is 1. The van der Waals surface area contributed by atoms with E-state index in [-0.39, 0.29) is 24.6 Å². The molecule has 0 atom stereocenters. The number of anilines is 1. The molecule has 1 aromatic rings. The molecule has 1 amide bonds. The van der Waals surface area contributed by atoms with Gasteiger partial charge in [-0.05, 0) is 24.3 Å². The Morgan fingerprint density at radius 3 is 2.25 bits per heavy atom. The van der Waals surface area contributed by atoms with E-state index in [2.05, 4.69) is 0 Å². The van der Waals surface area contributed by atoms with Crippen LogP contribution in [0, 0.1) is 0 Å². The van der Waals surface area contributed by atoms with Gasteiger partial charge in [-0.1, -0.05) is 6.92 Å². The fraction of sp³-hybridized carbons (Fsp3) is 0.273. The maximum atomic E-state index is 11.5. The van der Waals surface area contributed by atoms with Gasteiger partial charge in [-0.15, -0.1) is 0 Å². The van der Waals surface area contributed by atoms with Crippen LogP contribution in [-0.2, 0) is 9.59 Å². The summed E-state index contributed by atoms with van der Waals surface area (Å²) in [5.41, 5.74) is 0.465. The van der Waals surface area contributed by atoms with Crippen molar-refractivity contribution in [1.82, 2.24) is 0 Å². The topological polar surface area (TPSA) is 77.8 Å². The standard InChI is InChI=1S/C11H13NO4/c1-2-10(14)12(7-11(15)16)8-3-5-9(13)6-4-8/h3-6,13H,2,7H2,1H3,(H,15,16). The highest BCUT2D eigenvalue weighted by atomic mass is 16.4. The number of phenols is 1. The van der Waals surface area contributed by atoms with Crippen LogP contribution < -0.4 is 4.90 Å². The summed E-state index contributed by atoms with van der Waals surface area (Å²) in [5, 5.41) is 17.8. The third-order valence-electron chi connectivity index (χ3n) is 2.06. The summed E-state index contributed by atoms with van der Waals surface area (Å²) in [7, 11) is 0. The lowest BCUT2D eigenvalue weighted by atomic mass is 10.2. The van der Waals surface area contributed by atoms with Crippen molar-refractivity contribution >= 4 is 17.6 Å². The van der Waals surface area contributed by atoms with Crippen molar-refractivity contribution in [2.45, 2.75) is 13.3 Å². The zero-order valence-electron chi connectivity index (χ0n) is 8.88. The van der Waals surface area contributed by atoms with Gasteiger partial charge in [0.25, 0.3) is 0 Å². The van der Waals surface area contributed by atoms with Crippen molar-refractivity contribution in [3.8, 4) is 5.75 Å². The molecule has 0 saturated carbocycles. The van der Waals surface area contributed by atoms with Gasteiger partial charge in [0.2, 0.25) is 5.91 Å². The molecule has 0 bridgehead atoms. The predicted molar refractivity (Wildman–Crippen MR) is 58.4 cm³/mol. The van der Waals surface area contributed by atoms with Crippen molar-refractivity contribution in [2.75, 3.05) is 11.4 Å². The number of carboxylic acid groups (broad SMARTS) is 1. The molecular weight excluding hydrogens is 210 g/mol. The number of hydrogen-bond acceptors (Lipinski definition) is 3. The molecule has 1 aromatic carbocycles. The monoisotopic (exact) mass is 223 g/mol. The van der Waals surface area contributed by atoms with Crippen molar-refractivity contribution < 1.29 is 19.8 Å². The summed E-state index contributed by atoms with van der Waals surface area (Å²) in [6.45, 7) is 1.29. The van der Waals surface area contributed by atoms with Gasteiger partial charge >= 0.3 is 5.97 Å². The summed E-state index contributed by atoms with van der Waals surface area (Å²) in [5.74, 6) is -1.27. The maximum absolute atomic E-state index is 11.5. The Bertz CT molecular complexity index is 385. The molecule has 2 N–H and O–H groups in total. The second-order valence-corrected chi connectivity index (χ2v) is 3.24. The van der Waals surface area contributed by atoms with E-state index in [1.807, 2.05) is 0 Å². The summed E-state index contributed by atoms with van der Waals surface area (Å²) in [6, 6.07) is 5.83. The molecule has 0 spiro atoms. The molecule has 0 aromatic heterocycles. The Hall–Kier alpha value is -2.04. The predicted octanol–water partition coefficient (Wildman–Crippen LogP) is 1.22. The minimum Gasteiger partial charge on any atom is -0.508 e. The van der Waals surface area contributed by atoms with Gasteiger partial charge in [0, 0.05) is 12.1 Å². The van der Waals surface area contributed by atoms with Crippen LogP contribution in [0.15, 0.2) is 24.3 Å². The minimum absolute atomic E-state index is 0.0722. The Labute approximate surface area is 92.9 Å². The van der Waals surface area contributed by atoms with Gasteiger partial charge in [-0.3, -0.25) is 9.59 Å². The van der Waals surface area contributed by atoms with E-state index >= 15 is 0 Å². The summed E-state index contributed by atoms with van der Waals surface area (Å²) in [4.78, 5) is 23.3. The zero-order valence-corrected chi connectivity index (χ0v) is 8.88. The number of aromatic hydroxyl groups is 1. The van der Waals surface area contributed by atoms with Gasteiger partial charge in [0.15, 0.2) is 0 Å². The third-order valence-corrected chi connectivity index (χ3v) is 2.06. The molecule has 5 nitrogen and oxygen atoms in total. The molecule has 0 aliphatic rings.